The van der Waals surface area contributed by atoms with E-state index >= 15 is 0 Å². The van der Waals surface area contributed by atoms with Gasteiger partial charge in [0.2, 0.25) is 5.91 Å². The van der Waals surface area contributed by atoms with Crippen LogP contribution in [0.15, 0.2) is 24.3 Å². The van der Waals surface area contributed by atoms with Crippen molar-refractivity contribution in [1.29, 1.82) is 0 Å². The van der Waals surface area contributed by atoms with E-state index in [0.717, 1.165) is 18.7 Å². The molecule has 2 N–H and O–H groups in total. The Morgan fingerprint density at radius 3 is 2.84 bits per heavy atom. The Kier molecular flexibility index (Phi) is 3.21. The number of para-hydroxylation sites is 1. The Morgan fingerprint density at radius 2 is 2.21 bits per heavy atom. The second-order valence-corrected chi connectivity index (χ2v) is 5.98. The molecule has 3 heteroatoms. The molecule has 0 saturated heterocycles. The Labute approximate surface area is 114 Å². The molecule has 1 fully saturated rings. The van der Waals surface area contributed by atoms with Crippen LogP contribution in [0.4, 0.5) is 5.69 Å². The molecule has 1 heterocycles. The lowest BCUT2D eigenvalue weighted by Gasteiger charge is -2.41. The van der Waals surface area contributed by atoms with Gasteiger partial charge in [0.15, 0.2) is 0 Å². The minimum absolute atomic E-state index is 0.0913. The number of fused-ring (bicyclic) bond motifs is 1. The summed E-state index contributed by atoms with van der Waals surface area (Å²) in [6.45, 7) is 3.08. The number of amides is 1. The summed E-state index contributed by atoms with van der Waals surface area (Å²) >= 11 is 0. The first-order chi connectivity index (χ1) is 9.22. The number of hydrogen-bond acceptors (Lipinski definition) is 2. The van der Waals surface area contributed by atoms with Crippen molar-refractivity contribution in [3.05, 3.63) is 29.8 Å². The molecule has 0 radical (unpaired) electrons. The minimum Gasteiger partial charge on any atom is -0.373 e. The summed E-state index contributed by atoms with van der Waals surface area (Å²) < 4.78 is 0. The molecule has 1 unspecified atom stereocenters. The topological polar surface area (TPSA) is 41.1 Å². The predicted molar refractivity (Wildman–Crippen MR) is 77.1 cm³/mol. The monoisotopic (exact) mass is 258 g/mol. The third kappa shape index (κ3) is 2.34. The van der Waals surface area contributed by atoms with Gasteiger partial charge in [0, 0.05) is 18.7 Å². The van der Waals surface area contributed by atoms with E-state index < -0.39 is 0 Å². The van der Waals surface area contributed by atoms with Gasteiger partial charge >= 0.3 is 0 Å². The highest BCUT2D eigenvalue weighted by Crippen LogP contribution is 2.43. The molecule has 1 aromatic rings. The number of nitrogens with one attached hydrogen (secondary N) is 2. The maximum atomic E-state index is 12.2. The molecule has 2 aliphatic rings. The fraction of sp³-hybridized carbons (Fsp3) is 0.562. The number of hydrogen-bond donors (Lipinski definition) is 2. The standard InChI is InChI=1S/C16H22N2O/c1-2-16(8-5-9-16)11-17-15(19)14-10-12-6-3-4-7-13(12)18-14/h3-4,6-7,14,18H,2,5,8-11H2,1H3,(H,17,19). The molecule has 1 aromatic carbocycles. The van der Waals surface area contributed by atoms with Crippen LogP contribution in [0.2, 0.25) is 0 Å². The number of rotatable bonds is 4. The summed E-state index contributed by atoms with van der Waals surface area (Å²) in [5.41, 5.74) is 2.74. The van der Waals surface area contributed by atoms with Gasteiger partial charge in [-0.3, -0.25) is 4.79 Å². The van der Waals surface area contributed by atoms with E-state index in [2.05, 4.69) is 23.6 Å². The van der Waals surface area contributed by atoms with E-state index in [4.69, 9.17) is 0 Å². The number of anilines is 1. The van der Waals surface area contributed by atoms with Crippen LogP contribution in [0.5, 0.6) is 0 Å². The van der Waals surface area contributed by atoms with Crippen molar-refractivity contribution < 1.29 is 4.79 Å². The van der Waals surface area contributed by atoms with Crippen molar-refractivity contribution in [3.8, 4) is 0 Å². The highest BCUT2D eigenvalue weighted by atomic mass is 16.2. The molecule has 0 aromatic heterocycles. The van der Waals surface area contributed by atoms with Crippen molar-refractivity contribution in [2.24, 2.45) is 5.41 Å². The van der Waals surface area contributed by atoms with Crippen LogP contribution in [0.3, 0.4) is 0 Å². The number of carbonyl (C=O) groups excluding carboxylic acids is 1. The second kappa shape index (κ2) is 4.87. The highest BCUT2D eigenvalue weighted by Gasteiger charge is 2.36. The fourth-order valence-electron chi connectivity index (χ4n) is 3.19. The first-order valence-electron chi connectivity index (χ1n) is 7.35. The van der Waals surface area contributed by atoms with Crippen LogP contribution in [0, 0.1) is 5.41 Å². The van der Waals surface area contributed by atoms with Crippen molar-refractivity contribution in [1.82, 2.24) is 5.32 Å². The molecule has 1 saturated carbocycles. The molecular weight excluding hydrogens is 236 g/mol. The largest absolute Gasteiger partial charge is 0.373 e. The molecule has 3 rings (SSSR count). The van der Waals surface area contributed by atoms with Gasteiger partial charge in [0.05, 0.1) is 0 Å². The van der Waals surface area contributed by atoms with Crippen molar-refractivity contribution in [2.45, 2.75) is 45.1 Å². The molecule has 1 aliphatic carbocycles. The lowest BCUT2D eigenvalue weighted by atomic mass is 9.67. The molecule has 19 heavy (non-hydrogen) atoms. The maximum absolute atomic E-state index is 12.2. The summed E-state index contributed by atoms with van der Waals surface area (Å²) in [4.78, 5) is 12.2. The zero-order chi connectivity index (χ0) is 13.3. The fourth-order valence-corrected chi connectivity index (χ4v) is 3.19. The van der Waals surface area contributed by atoms with Crippen LogP contribution >= 0.6 is 0 Å². The van der Waals surface area contributed by atoms with Crippen molar-refractivity contribution in [3.63, 3.8) is 0 Å². The summed E-state index contributed by atoms with van der Waals surface area (Å²) in [5, 5.41) is 6.46. The Balaban J connectivity index is 1.55. The lowest BCUT2D eigenvalue weighted by Crippen LogP contribution is -2.46. The summed E-state index contributed by atoms with van der Waals surface area (Å²) in [6, 6.07) is 8.08. The zero-order valence-corrected chi connectivity index (χ0v) is 11.5. The molecule has 1 aliphatic heterocycles. The zero-order valence-electron chi connectivity index (χ0n) is 11.5. The lowest BCUT2D eigenvalue weighted by molar-refractivity contribution is -0.122. The second-order valence-electron chi connectivity index (χ2n) is 5.98. The summed E-state index contributed by atoms with van der Waals surface area (Å²) in [6.07, 6.45) is 5.83. The summed E-state index contributed by atoms with van der Waals surface area (Å²) in [5.74, 6) is 0.149. The molecule has 3 nitrogen and oxygen atoms in total. The molecule has 102 valence electrons. The van der Waals surface area contributed by atoms with Gasteiger partial charge in [0.25, 0.3) is 0 Å². The van der Waals surface area contributed by atoms with E-state index in [1.807, 2.05) is 18.2 Å². The molecule has 0 spiro atoms. The van der Waals surface area contributed by atoms with E-state index in [1.54, 1.807) is 0 Å². The quantitative estimate of drug-likeness (QED) is 0.872. The van der Waals surface area contributed by atoms with Crippen LogP contribution < -0.4 is 10.6 Å². The van der Waals surface area contributed by atoms with Gasteiger partial charge in [-0.05, 0) is 36.3 Å². The normalized spacial score (nSPS) is 23.1. The van der Waals surface area contributed by atoms with E-state index in [1.165, 1.54) is 31.2 Å². The SMILES string of the molecule is CCC1(CNC(=O)C2Cc3ccccc3N2)CCC1. The van der Waals surface area contributed by atoms with E-state index in [0.29, 0.717) is 5.41 Å². The molecule has 0 bridgehead atoms. The van der Waals surface area contributed by atoms with Crippen LogP contribution in [-0.4, -0.2) is 18.5 Å². The number of benzene rings is 1. The van der Waals surface area contributed by atoms with Gasteiger partial charge in [-0.15, -0.1) is 0 Å². The number of carbonyl (C=O) groups is 1. The molecule has 1 atom stereocenters. The molecule has 1 amide bonds. The third-order valence-electron chi connectivity index (χ3n) is 4.89. The first-order valence-corrected chi connectivity index (χ1v) is 7.35. The third-order valence-corrected chi connectivity index (χ3v) is 4.89. The Bertz CT molecular complexity index is 449. The highest BCUT2D eigenvalue weighted by molar-refractivity contribution is 5.87. The Morgan fingerprint density at radius 1 is 1.42 bits per heavy atom. The molecular formula is C16H22N2O. The van der Waals surface area contributed by atoms with Crippen molar-refractivity contribution >= 4 is 11.6 Å². The van der Waals surface area contributed by atoms with Crippen LogP contribution in [-0.2, 0) is 11.2 Å². The average molecular weight is 258 g/mol. The van der Waals surface area contributed by atoms with Gasteiger partial charge in [0.1, 0.15) is 6.04 Å². The van der Waals surface area contributed by atoms with Gasteiger partial charge in [-0.25, -0.2) is 0 Å². The van der Waals surface area contributed by atoms with Crippen LogP contribution in [0.25, 0.3) is 0 Å². The first kappa shape index (κ1) is 12.5. The smallest absolute Gasteiger partial charge is 0.242 e. The predicted octanol–water partition coefficient (Wildman–Crippen LogP) is 2.72. The van der Waals surface area contributed by atoms with Gasteiger partial charge in [-0.1, -0.05) is 31.5 Å². The van der Waals surface area contributed by atoms with Gasteiger partial charge < -0.3 is 10.6 Å². The summed E-state index contributed by atoms with van der Waals surface area (Å²) in [7, 11) is 0. The maximum Gasteiger partial charge on any atom is 0.242 e. The Hall–Kier alpha value is -1.51. The minimum atomic E-state index is -0.0913. The van der Waals surface area contributed by atoms with Crippen molar-refractivity contribution in [2.75, 3.05) is 11.9 Å². The van der Waals surface area contributed by atoms with E-state index in [9.17, 15) is 4.79 Å². The van der Waals surface area contributed by atoms with E-state index in [-0.39, 0.29) is 11.9 Å². The van der Waals surface area contributed by atoms with Crippen LogP contribution in [0.1, 0.15) is 38.2 Å². The van der Waals surface area contributed by atoms with Gasteiger partial charge in [-0.2, -0.15) is 0 Å². The average Bonchev–Trinajstić information content (AvgIpc) is 2.81.